The van der Waals surface area contributed by atoms with Crippen molar-refractivity contribution in [2.45, 2.75) is 51.1 Å². The molecule has 1 aromatic heterocycles. The number of aliphatic hydroxyl groups is 1. The van der Waals surface area contributed by atoms with Gasteiger partial charge in [-0.25, -0.2) is 9.97 Å². The molecule has 0 spiro atoms. The molecule has 1 fully saturated rings. The third-order valence-corrected chi connectivity index (χ3v) is 5.18. The lowest BCUT2D eigenvalue weighted by Crippen LogP contribution is -2.48. The number of nitrogens with zero attached hydrogens (tertiary/aromatic N) is 3. The molecule has 1 amide bonds. The van der Waals surface area contributed by atoms with Crippen molar-refractivity contribution in [1.82, 2.24) is 20.6 Å². The summed E-state index contributed by atoms with van der Waals surface area (Å²) in [6, 6.07) is 0. The summed E-state index contributed by atoms with van der Waals surface area (Å²) in [5, 5.41) is 15.3. The minimum absolute atomic E-state index is 0.0388. The number of aliphatic hydroxyl groups excluding tert-OH is 1. The fourth-order valence-corrected chi connectivity index (χ4v) is 3.21. The smallest absolute Gasteiger partial charge is 0.280 e. The molecule has 1 aromatic rings. The Hall–Kier alpha value is -2.29. The first-order chi connectivity index (χ1) is 16.3. The number of nitrogens with two attached hydrogens (primary N) is 3. The summed E-state index contributed by atoms with van der Waals surface area (Å²) < 4.78 is 16.3. The average molecular weight is 503 g/mol. The minimum Gasteiger partial charge on any atom is -0.388 e. The van der Waals surface area contributed by atoms with Crippen LogP contribution in [0, 0.1) is 0 Å². The highest BCUT2D eigenvalue weighted by atomic mass is 35.5. The zero-order valence-electron chi connectivity index (χ0n) is 19.3. The van der Waals surface area contributed by atoms with Crippen molar-refractivity contribution in [2.24, 2.45) is 10.7 Å². The second-order valence-corrected chi connectivity index (χ2v) is 8.09. The molecule has 0 aromatic carbocycles. The summed E-state index contributed by atoms with van der Waals surface area (Å²) in [4.78, 5) is 23.8. The third-order valence-electron chi connectivity index (χ3n) is 4.91. The maximum absolute atomic E-state index is 12.2. The molecule has 192 valence electrons. The first-order valence-electron chi connectivity index (χ1n) is 11.2. The lowest BCUT2D eigenvalue weighted by atomic mass is 10.2. The molecule has 0 unspecified atom stereocenters. The first kappa shape index (κ1) is 28.0. The van der Waals surface area contributed by atoms with Gasteiger partial charge in [0.1, 0.15) is 12.2 Å². The van der Waals surface area contributed by atoms with Gasteiger partial charge < -0.3 is 41.8 Å². The molecule has 1 aliphatic rings. The molecule has 34 heavy (non-hydrogen) atoms. The van der Waals surface area contributed by atoms with Gasteiger partial charge in [-0.2, -0.15) is 0 Å². The van der Waals surface area contributed by atoms with Crippen LogP contribution in [-0.2, 0) is 14.2 Å². The number of halogens is 1. The maximum atomic E-state index is 12.2. The van der Waals surface area contributed by atoms with Gasteiger partial charge in [-0.05, 0) is 19.8 Å². The van der Waals surface area contributed by atoms with Crippen LogP contribution < -0.4 is 27.8 Å². The number of hydrogen-bond acceptors (Lipinski definition) is 11. The minimum atomic E-state index is -0.661. The van der Waals surface area contributed by atoms with E-state index in [0.29, 0.717) is 39.5 Å². The van der Waals surface area contributed by atoms with Gasteiger partial charge in [0.2, 0.25) is 0 Å². The summed E-state index contributed by atoms with van der Waals surface area (Å²) in [6.07, 6.45) is 2.52. The zero-order chi connectivity index (χ0) is 24.9. The van der Waals surface area contributed by atoms with Crippen molar-refractivity contribution < 1.29 is 24.1 Å². The summed E-state index contributed by atoms with van der Waals surface area (Å²) >= 11 is 5.77. The predicted octanol–water partition coefficient (Wildman–Crippen LogP) is -0.372. The van der Waals surface area contributed by atoms with Gasteiger partial charge in [0.05, 0.1) is 13.2 Å². The fourth-order valence-electron chi connectivity index (χ4n) is 3.09. The van der Waals surface area contributed by atoms with Gasteiger partial charge in [-0.15, -0.1) is 0 Å². The Kier molecular flexibility index (Phi) is 12.2. The van der Waals surface area contributed by atoms with Crippen molar-refractivity contribution in [3.8, 4) is 0 Å². The number of unbranched alkanes of at least 4 members (excludes halogenated alkanes) is 3. The first-order valence-corrected chi connectivity index (χ1v) is 11.6. The van der Waals surface area contributed by atoms with E-state index in [9.17, 15) is 9.90 Å². The van der Waals surface area contributed by atoms with Gasteiger partial charge in [0.15, 0.2) is 34.7 Å². The van der Waals surface area contributed by atoms with Crippen molar-refractivity contribution >= 4 is 35.1 Å². The van der Waals surface area contributed by atoms with Crippen LogP contribution in [0.1, 0.15) is 43.1 Å². The zero-order valence-corrected chi connectivity index (χ0v) is 20.1. The summed E-state index contributed by atoms with van der Waals surface area (Å²) in [5.74, 6) is -0.906. The number of amides is 1. The van der Waals surface area contributed by atoms with Crippen molar-refractivity contribution in [3.05, 3.63) is 10.8 Å². The number of aromatic nitrogens is 2. The predicted molar refractivity (Wildman–Crippen MR) is 128 cm³/mol. The number of ether oxygens (including phenoxy) is 3. The summed E-state index contributed by atoms with van der Waals surface area (Å²) in [5.41, 5.74) is 16.7. The van der Waals surface area contributed by atoms with E-state index in [-0.39, 0.29) is 40.8 Å². The normalized spacial score (nSPS) is 20.9. The highest BCUT2D eigenvalue weighted by Gasteiger charge is 2.27. The van der Waals surface area contributed by atoms with E-state index >= 15 is 0 Å². The number of nitrogens with one attached hydrogen (secondary N) is 2. The fraction of sp³-hybridized carbons (Fsp3) is 0.700. The Morgan fingerprint density at radius 1 is 1.24 bits per heavy atom. The lowest BCUT2D eigenvalue weighted by molar-refractivity contribution is -0.242. The second kappa shape index (κ2) is 14.9. The molecule has 1 aliphatic heterocycles. The van der Waals surface area contributed by atoms with Gasteiger partial charge in [0, 0.05) is 26.2 Å². The van der Waals surface area contributed by atoms with Crippen molar-refractivity contribution in [1.29, 1.82) is 0 Å². The van der Waals surface area contributed by atoms with E-state index in [4.69, 9.17) is 43.0 Å². The van der Waals surface area contributed by atoms with E-state index < -0.39 is 12.0 Å². The molecule has 1 saturated heterocycles. The molecular formula is C20H35ClN8O5. The van der Waals surface area contributed by atoms with Crippen LogP contribution in [0.3, 0.4) is 0 Å². The standard InChI is InChI=1S/C20H35ClN8O5/c1-12-33-11-13(30)14(34-12)10-25-7-9-32-8-5-3-2-4-6-26-20(24)29-19(31)15-17(22)28-18(23)16(21)27-15/h12-14,25,30H,2-11H2,1H3,(H4,22,23,28)(H3,24,26,29,31)/t12-,13-,14+/m1/s1. The molecule has 2 heterocycles. The van der Waals surface area contributed by atoms with Crippen LogP contribution in [0.4, 0.5) is 11.6 Å². The number of hydrogen-bond donors (Lipinski definition) is 6. The summed E-state index contributed by atoms with van der Waals surface area (Å²) in [6.45, 7) is 5.07. The van der Waals surface area contributed by atoms with Gasteiger partial charge in [-0.1, -0.05) is 24.4 Å². The van der Waals surface area contributed by atoms with Crippen LogP contribution in [0.15, 0.2) is 4.99 Å². The Morgan fingerprint density at radius 2 is 2.00 bits per heavy atom. The molecular weight excluding hydrogens is 468 g/mol. The van der Waals surface area contributed by atoms with Crippen LogP contribution in [0.2, 0.25) is 5.15 Å². The largest absolute Gasteiger partial charge is 0.388 e. The highest BCUT2D eigenvalue weighted by molar-refractivity contribution is 6.31. The van der Waals surface area contributed by atoms with Crippen LogP contribution >= 0.6 is 11.6 Å². The molecule has 3 atom stereocenters. The maximum Gasteiger partial charge on any atom is 0.280 e. The number of nitrogen functional groups attached to an aromatic ring is 2. The topological polar surface area (TPSA) is 205 Å². The van der Waals surface area contributed by atoms with Crippen LogP contribution in [-0.4, -0.2) is 84.9 Å². The molecule has 14 heteroatoms. The van der Waals surface area contributed by atoms with E-state index in [1.165, 1.54) is 0 Å². The molecule has 9 N–H and O–H groups in total. The molecule has 13 nitrogen and oxygen atoms in total. The molecule has 0 aliphatic carbocycles. The third kappa shape index (κ3) is 9.91. The van der Waals surface area contributed by atoms with Gasteiger partial charge in [0.25, 0.3) is 5.91 Å². The number of anilines is 2. The monoisotopic (exact) mass is 502 g/mol. The lowest BCUT2D eigenvalue weighted by Gasteiger charge is -2.32. The Labute approximate surface area is 203 Å². The second-order valence-electron chi connectivity index (χ2n) is 7.73. The number of carbonyl (C=O) groups is 1. The quantitative estimate of drug-likeness (QED) is 0.116. The van der Waals surface area contributed by atoms with E-state index in [0.717, 1.165) is 25.7 Å². The van der Waals surface area contributed by atoms with Gasteiger partial charge >= 0.3 is 0 Å². The van der Waals surface area contributed by atoms with E-state index in [1.54, 1.807) is 0 Å². The molecule has 2 rings (SSSR count). The van der Waals surface area contributed by atoms with E-state index in [2.05, 4.69) is 25.6 Å². The van der Waals surface area contributed by atoms with Gasteiger partial charge in [-0.3, -0.25) is 15.1 Å². The molecule has 0 saturated carbocycles. The molecule has 0 radical (unpaired) electrons. The Morgan fingerprint density at radius 3 is 2.79 bits per heavy atom. The van der Waals surface area contributed by atoms with E-state index in [1.807, 2.05) is 6.92 Å². The molecule has 0 bridgehead atoms. The van der Waals surface area contributed by atoms with Crippen LogP contribution in [0.25, 0.3) is 0 Å². The number of aliphatic imine (C=N–C) groups is 1. The van der Waals surface area contributed by atoms with Crippen molar-refractivity contribution in [2.75, 3.05) is 50.9 Å². The number of rotatable bonds is 13. The SMILES string of the molecule is C[C@@H]1OC[C@@H](O)[C@H](CNCCOCCCCCCN=C(N)NC(=O)c2nc(Cl)c(N)nc2N)O1. The van der Waals surface area contributed by atoms with Crippen molar-refractivity contribution in [3.63, 3.8) is 0 Å². The average Bonchev–Trinajstić information content (AvgIpc) is 2.79. The van der Waals surface area contributed by atoms with Crippen LogP contribution in [0.5, 0.6) is 0 Å². The number of carbonyl (C=O) groups excluding carboxylic acids is 1. The summed E-state index contributed by atoms with van der Waals surface area (Å²) in [7, 11) is 0. The highest BCUT2D eigenvalue weighted by Crippen LogP contribution is 2.17. The Bertz CT molecular complexity index is 815. The Balaban J connectivity index is 1.47. The number of guanidine groups is 1.